The van der Waals surface area contributed by atoms with Crippen LogP contribution in [0.25, 0.3) is 0 Å². The highest BCUT2D eigenvalue weighted by Gasteiger charge is 2.26. The van der Waals surface area contributed by atoms with Crippen molar-refractivity contribution in [2.75, 3.05) is 6.54 Å². The summed E-state index contributed by atoms with van der Waals surface area (Å²) in [5.74, 6) is 0.216. The Hall–Kier alpha value is -2.40. The minimum absolute atomic E-state index is 0.0249. The van der Waals surface area contributed by atoms with Gasteiger partial charge < -0.3 is 14.2 Å². The normalized spacial score (nSPS) is 19.9. The lowest BCUT2D eigenvalue weighted by Crippen LogP contribution is -2.37. The fourth-order valence-electron chi connectivity index (χ4n) is 3.92. The molecule has 0 spiro atoms. The maximum atomic E-state index is 13.0. The standard InChI is InChI=1S/C22H27N3O2/c26-22(12-18-6-2-1-3-7-18)25-14-20-9-5-11-24(20)15-21(16-25)27-17-19-8-4-10-23-13-19/h4-6,8-11,13,21H,1-3,7,12,14-17H2/t21-/m1/s1. The van der Waals surface area contributed by atoms with Gasteiger partial charge in [-0.1, -0.05) is 17.7 Å². The molecule has 142 valence electrons. The monoisotopic (exact) mass is 365 g/mol. The average molecular weight is 365 g/mol. The first-order chi connectivity index (χ1) is 13.3. The largest absolute Gasteiger partial charge is 0.370 e. The second-order valence-electron chi connectivity index (χ2n) is 7.51. The number of aromatic nitrogens is 2. The molecule has 4 rings (SSSR count). The van der Waals surface area contributed by atoms with Gasteiger partial charge in [-0.05, 0) is 49.4 Å². The van der Waals surface area contributed by atoms with Crippen molar-refractivity contribution in [3.05, 3.63) is 65.8 Å². The van der Waals surface area contributed by atoms with Crippen molar-refractivity contribution >= 4 is 5.91 Å². The Balaban J connectivity index is 1.44. The lowest BCUT2D eigenvalue weighted by molar-refractivity contribution is -0.133. The highest BCUT2D eigenvalue weighted by atomic mass is 16.5. The number of ether oxygens (including phenoxy) is 1. The number of hydrogen-bond acceptors (Lipinski definition) is 3. The first-order valence-corrected chi connectivity index (χ1v) is 9.88. The minimum Gasteiger partial charge on any atom is -0.370 e. The van der Waals surface area contributed by atoms with Crippen LogP contribution in [0, 0.1) is 0 Å². The van der Waals surface area contributed by atoms with Crippen LogP contribution in [-0.4, -0.2) is 33.0 Å². The minimum atomic E-state index is -0.0249. The summed E-state index contributed by atoms with van der Waals surface area (Å²) >= 11 is 0. The molecule has 1 aliphatic heterocycles. The third kappa shape index (κ3) is 4.66. The van der Waals surface area contributed by atoms with Gasteiger partial charge in [0.25, 0.3) is 0 Å². The second-order valence-corrected chi connectivity index (χ2v) is 7.51. The maximum absolute atomic E-state index is 13.0. The van der Waals surface area contributed by atoms with E-state index in [9.17, 15) is 4.79 Å². The quantitative estimate of drug-likeness (QED) is 0.759. The molecule has 27 heavy (non-hydrogen) atoms. The Kier molecular flexibility index (Phi) is 5.68. The van der Waals surface area contributed by atoms with Crippen molar-refractivity contribution in [2.24, 2.45) is 0 Å². The molecule has 0 radical (unpaired) electrons. The molecule has 0 fully saturated rings. The highest BCUT2D eigenvalue weighted by Crippen LogP contribution is 2.23. The average Bonchev–Trinajstić information content (AvgIpc) is 3.06. The number of allylic oxidation sites excluding steroid dienone is 1. The number of amides is 1. The molecule has 1 amide bonds. The molecular weight excluding hydrogens is 338 g/mol. The number of carbonyl (C=O) groups excluding carboxylic acids is 1. The van der Waals surface area contributed by atoms with E-state index in [2.05, 4.69) is 27.9 Å². The van der Waals surface area contributed by atoms with E-state index in [1.165, 1.54) is 24.1 Å². The van der Waals surface area contributed by atoms with Gasteiger partial charge in [0.05, 0.1) is 25.8 Å². The van der Waals surface area contributed by atoms with E-state index in [-0.39, 0.29) is 12.0 Å². The van der Waals surface area contributed by atoms with Crippen LogP contribution in [0.15, 0.2) is 54.5 Å². The van der Waals surface area contributed by atoms with Gasteiger partial charge in [-0.3, -0.25) is 9.78 Å². The molecule has 1 atom stereocenters. The van der Waals surface area contributed by atoms with Crippen molar-refractivity contribution in [1.29, 1.82) is 0 Å². The van der Waals surface area contributed by atoms with E-state index >= 15 is 0 Å². The van der Waals surface area contributed by atoms with Crippen molar-refractivity contribution in [1.82, 2.24) is 14.5 Å². The summed E-state index contributed by atoms with van der Waals surface area (Å²) in [5.41, 5.74) is 3.53. The lowest BCUT2D eigenvalue weighted by atomic mass is 9.97. The first kappa shape index (κ1) is 18.0. The summed E-state index contributed by atoms with van der Waals surface area (Å²) in [6, 6.07) is 8.08. The van der Waals surface area contributed by atoms with Crippen molar-refractivity contribution < 1.29 is 9.53 Å². The zero-order valence-corrected chi connectivity index (χ0v) is 15.7. The molecule has 5 nitrogen and oxygen atoms in total. The van der Waals surface area contributed by atoms with Crippen LogP contribution < -0.4 is 0 Å². The van der Waals surface area contributed by atoms with Gasteiger partial charge in [0.15, 0.2) is 0 Å². The third-order valence-corrected chi connectivity index (χ3v) is 5.43. The summed E-state index contributed by atoms with van der Waals surface area (Å²) < 4.78 is 8.39. The van der Waals surface area contributed by atoms with Gasteiger partial charge in [0.2, 0.25) is 5.91 Å². The van der Waals surface area contributed by atoms with Crippen molar-refractivity contribution in [2.45, 2.75) is 57.9 Å². The van der Waals surface area contributed by atoms with Crippen LogP contribution in [0.1, 0.15) is 43.4 Å². The molecule has 2 aromatic heterocycles. The van der Waals surface area contributed by atoms with Crippen molar-refractivity contribution in [3.8, 4) is 0 Å². The zero-order chi connectivity index (χ0) is 18.5. The van der Waals surface area contributed by atoms with Gasteiger partial charge in [-0.15, -0.1) is 0 Å². The van der Waals surface area contributed by atoms with Gasteiger partial charge in [0.1, 0.15) is 0 Å². The summed E-state index contributed by atoms with van der Waals surface area (Å²) in [6.45, 7) is 2.58. The van der Waals surface area contributed by atoms with E-state index in [1.807, 2.05) is 29.3 Å². The summed E-state index contributed by atoms with van der Waals surface area (Å²) in [4.78, 5) is 19.1. The molecule has 0 saturated carbocycles. The van der Waals surface area contributed by atoms with Gasteiger partial charge in [-0.25, -0.2) is 0 Å². The second kappa shape index (κ2) is 8.53. The van der Waals surface area contributed by atoms with Crippen molar-refractivity contribution in [3.63, 3.8) is 0 Å². The van der Waals surface area contributed by atoms with Gasteiger partial charge >= 0.3 is 0 Å². The smallest absolute Gasteiger partial charge is 0.227 e. The zero-order valence-electron chi connectivity index (χ0n) is 15.7. The Morgan fingerprint density at radius 2 is 2.19 bits per heavy atom. The molecule has 1 aliphatic carbocycles. The van der Waals surface area contributed by atoms with Crippen LogP contribution in [0.2, 0.25) is 0 Å². The molecular formula is C22H27N3O2. The summed E-state index contributed by atoms with van der Waals surface area (Å²) in [7, 11) is 0. The first-order valence-electron chi connectivity index (χ1n) is 9.88. The number of carbonyl (C=O) groups is 1. The number of fused-ring (bicyclic) bond motifs is 1. The fourth-order valence-corrected chi connectivity index (χ4v) is 3.92. The Labute approximate surface area is 160 Å². The Morgan fingerprint density at radius 3 is 3.00 bits per heavy atom. The molecule has 0 aromatic carbocycles. The van der Waals surface area contributed by atoms with E-state index in [4.69, 9.17) is 4.74 Å². The van der Waals surface area contributed by atoms with E-state index in [1.54, 1.807) is 6.20 Å². The number of rotatable bonds is 5. The van der Waals surface area contributed by atoms with Crippen LogP contribution in [-0.2, 0) is 29.2 Å². The molecule has 5 heteroatoms. The SMILES string of the molecule is O=C(CC1=CCCCC1)N1Cc2cccn2C[C@@H](OCc2cccnc2)C1. The van der Waals surface area contributed by atoms with Gasteiger partial charge in [0, 0.05) is 37.3 Å². The Bertz CT molecular complexity index is 797. The molecule has 0 bridgehead atoms. The molecule has 2 aromatic rings. The lowest BCUT2D eigenvalue weighted by Gasteiger charge is -2.25. The number of nitrogens with zero attached hydrogens (tertiary/aromatic N) is 3. The van der Waals surface area contributed by atoms with E-state index in [0.717, 1.165) is 24.9 Å². The predicted octanol–water partition coefficient (Wildman–Crippen LogP) is 3.70. The molecule has 3 heterocycles. The number of pyridine rings is 1. The van der Waals surface area contributed by atoms with Gasteiger partial charge in [-0.2, -0.15) is 0 Å². The predicted molar refractivity (Wildman–Crippen MR) is 104 cm³/mol. The Morgan fingerprint density at radius 1 is 1.22 bits per heavy atom. The molecule has 0 saturated heterocycles. The van der Waals surface area contributed by atoms with Crippen LogP contribution in [0.4, 0.5) is 0 Å². The molecule has 2 aliphatic rings. The highest BCUT2D eigenvalue weighted by molar-refractivity contribution is 5.78. The van der Waals surface area contributed by atoms with Crippen LogP contribution in [0.3, 0.4) is 0 Å². The molecule has 0 N–H and O–H groups in total. The summed E-state index contributed by atoms with van der Waals surface area (Å²) in [6.07, 6.45) is 13.1. The topological polar surface area (TPSA) is 47.4 Å². The number of hydrogen-bond donors (Lipinski definition) is 0. The van der Waals surface area contributed by atoms with E-state index in [0.29, 0.717) is 26.1 Å². The van der Waals surface area contributed by atoms with E-state index < -0.39 is 0 Å². The van der Waals surface area contributed by atoms with Crippen LogP contribution in [0.5, 0.6) is 0 Å². The van der Waals surface area contributed by atoms with Crippen LogP contribution >= 0.6 is 0 Å². The third-order valence-electron chi connectivity index (χ3n) is 5.43. The molecule has 0 unspecified atom stereocenters. The maximum Gasteiger partial charge on any atom is 0.227 e. The fraction of sp³-hybridized carbons (Fsp3) is 0.455. The summed E-state index contributed by atoms with van der Waals surface area (Å²) in [5, 5.41) is 0.